The minimum absolute atomic E-state index is 0. The minimum Gasteiger partial charge on any atom is -0.467 e. The smallest absolute Gasteiger partial charge is 0.328 e. The van der Waals surface area contributed by atoms with Crippen LogP contribution in [0.5, 0.6) is 0 Å². The Hall–Kier alpha value is -0.500. The van der Waals surface area contributed by atoms with Gasteiger partial charge in [0.2, 0.25) is 5.91 Å². The van der Waals surface area contributed by atoms with Gasteiger partial charge in [-0.05, 0) is 56.7 Å². The SMILES string of the molecule is CC[C@H]1CCN(C[C@@H]2CCCN2)C1C(=O)NC(CCSC)C(=O)OC.Cl. The van der Waals surface area contributed by atoms with E-state index < -0.39 is 6.04 Å². The number of methoxy groups -OCH3 is 1. The van der Waals surface area contributed by atoms with Gasteiger partial charge in [0.05, 0.1) is 13.2 Å². The third-order valence-electron chi connectivity index (χ3n) is 5.45. The molecule has 0 aromatic heterocycles. The van der Waals surface area contributed by atoms with Gasteiger partial charge in [0.1, 0.15) is 6.04 Å². The Labute approximate surface area is 168 Å². The van der Waals surface area contributed by atoms with E-state index in [1.807, 2.05) is 6.26 Å². The number of halogens is 1. The summed E-state index contributed by atoms with van der Waals surface area (Å²) in [5.74, 6) is 0.814. The molecular weight excluding hydrogens is 374 g/mol. The molecule has 2 aliphatic rings. The topological polar surface area (TPSA) is 70.7 Å². The highest BCUT2D eigenvalue weighted by Gasteiger charge is 2.40. The van der Waals surface area contributed by atoms with Gasteiger partial charge in [0.25, 0.3) is 0 Å². The molecule has 2 rings (SSSR count). The monoisotopic (exact) mass is 407 g/mol. The van der Waals surface area contributed by atoms with E-state index >= 15 is 0 Å². The molecule has 0 aliphatic carbocycles. The molecule has 2 fully saturated rings. The van der Waals surface area contributed by atoms with Gasteiger partial charge in [-0.1, -0.05) is 13.3 Å². The third kappa shape index (κ3) is 6.29. The van der Waals surface area contributed by atoms with Crippen LogP contribution >= 0.6 is 24.2 Å². The summed E-state index contributed by atoms with van der Waals surface area (Å²) < 4.78 is 4.87. The van der Waals surface area contributed by atoms with Crippen molar-refractivity contribution in [3.63, 3.8) is 0 Å². The summed E-state index contributed by atoms with van der Waals surface area (Å²) in [5.41, 5.74) is 0. The highest BCUT2D eigenvalue weighted by atomic mass is 35.5. The van der Waals surface area contributed by atoms with Crippen LogP contribution in [0.3, 0.4) is 0 Å². The van der Waals surface area contributed by atoms with Crippen molar-refractivity contribution in [3.8, 4) is 0 Å². The maximum Gasteiger partial charge on any atom is 0.328 e. The second-order valence-electron chi connectivity index (χ2n) is 7.06. The summed E-state index contributed by atoms with van der Waals surface area (Å²) in [6.07, 6.45) is 7.03. The summed E-state index contributed by atoms with van der Waals surface area (Å²) >= 11 is 1.67. The van der Waals surface area contributed by atoms with Gasteiger partial charge in [-0.2, -0.15) is 11.8 Å². The lowest BCUT2D eigenvalue weighted by atomic mass is 9.96. The Morgan fingerprint density at radius 3 is 2.73 bits per heavy atom. The number of nitrogens with zero attached hydrogens (tertiary/aromatic N) is 1. The number of hydrogen-bond donors (Lipinski definition) is 2. The molecular formula is C18H34ClN3O3S. The average molecular weight is 408 g/mol. The first kappa shape index (κ1) is 23.5. The van der Waals surface area contributed by atoms with Gasteiger partial charge >= 0.3 is 5.97 Å². The molecule has 0 radical (unpaired) electrons. The number of rotatable bonds is 9. The maximum atomic E-state index is 13.0. The molecule has 0 aromatic rings. The molecule has 2 heterocycles. The fraction of sp³-hybridized carbons (Fsp3) is 0.889. The van der Waals surface area contributed by atoms with Crippen LogP contribution in [-0.2, 0) is 14.3 Å². The van der Waals surface area contributed by atoms with Crippen molar-refractivity contribution < 1.29 is 14.3 Å². The van der Waals surface area contributed by atoms with E-state index in [0.717, 1.165) is 38.2 Å². The van der Waals surface area contributed by atoms with Crippen LogP contribution in [0.1, 0.15) is 39.0 Å². The first-order valence-electron chi connectivity index (χ1n) is 9.45. The molecule has 0 bridgehead atoms. The molecule has 0 spiro atoms. The highest BCUT2D eigenvalue weighted by Crippen LogP contribution is 2.28. The molecule has 4 atom stereocenters. The molecule has 2 saturated heterocycles. The molecule has 2 unspecified atom stereocenters. The maximum absolute atomic E-state index is 13.0. The van der Waals surface area contributed by atoms with Crippen LogP contribution in [0.2, 0.25) is 0 Å². The van der Waals surface area contributed by atoms with Crippen LogP contribution in [-0.4, -0.2) is 73.7 Å². The number of thioether (sulfide) groups is 1. The van der Waals surface area contributed by atoms with Gasteiger partial charge in [-0.15, -0.1) is 12.4 Å². The van der Waals surface area contributed by atoms with Crippen LogP contribution in [0.25, 0.3) is 0 Å². The first-order chi connectivity index (χ1) is 12.1. The van der Waals surface area contributed by atoms with Gasteiger partial charge < -0.3 is 15.4 Å². The second kappa shape index (κ2) is 12.1. The zero-order chi connectivity index (χ0) is 18.2. The van der Waals surface area contributed by atoms with E-state index in [2.05, 4.69) is 22.5 Å². The van der Waals surface area contributed by atoms with Crippen molar-refractivity contribution >= 4 is 36.0 Å². The highest BCUT2D eigenvalue weighted by molar-refractivity contribution is 7.98. The molecule has 2 aliphatic heterocycles. The Balaban J connectivity index is 0.00000338. The van der Waals surface area contributed by atoms with Gasteiger partial charge in [0.15, 0.2) is 0 Å². The van der Waals surface area contributed by atoms with Crippen molar-refractivity contribution in [2.45, 2.75) is 57.2 Å². The fourth-order valence-corrected chi connectivity index (χ4v) is 4.49. The lowest BCUT2D eigenvalue weighted by molar-refractivity contribution is -0.145. The predicted octanol–water partition coefficient (Wildman–Crippen LogP) is 1.67. The van der Waals surface area contributed by atoms with Crippen LogP contribution in [0, 0.1) is 5.92 Å². The zero-order valence-electron chi connectivity index (χ0n) is 16.2. The average Bonchev–Trinajstić information content (AvgIpc) is 3.27. The molecule has 152 valence electrons. The van der Waals surface area contributed by atoms with Crippen molar-refractivity contribution in [2.24, 2.45) is 5.92 Å². The first-order valence-corrected chi connectivity index (χ1v) is 10.8. The van der Waals surface area contributed by atoms with E-state index in [0.29, 0.717) is 18.4 Å². The number of carbonyl (C=O) groups excluding carboxylic acids is 2. The van der Waals surface area contributed by atoms with Crippen molar-refractivity contribution in [1.29, 1.82) is 0 Å². The summed E-state index contributed by atoms with van der Waals surface area (Å²) in [7, 11) is 1.38. The van der Waals surface area contributed by atoms with E-state index in [9.17, 15) is 9.59 Å². The minimum atomic E-state index is -0.547. The third-order valence-corrected chi connectivity index (χ3v) is 6.09. The molecule has 2 N–H and O–H groups in total. The summed E-state index contributed by atoms with van der Waals surface area (Å²) in [5, 5.41) is 6.50. The normalized spacial score (nSPS) is 27.0. The van der Waals surface area contributed by atoms with Crippen LogP contribution in [0.15, 0.2) is 0 Å². The molecule has 0 aromatic carbocycles. The number of ether oxygens (including phenoxy) is 1. The number of carbonyl (C=O) groups is 2. The van der Waals surface area contributed by atoms with Gasteiger partial charge in [-0.25, -0.2) is 4.79 Å². The van der Waals surface area contributed by atoms with E-state index in [4.69, 9.17) is 4.74 Å². The number of nitrogens with one attached hydrogen (secondary N) is 2. The number of likely N-dealkylation sites (tertiary alicyclic amines) is 1. The Morgan fingerprint density at radius 1 is 1.38 bits per heavy atom. The molecule has 26 heavy (non-hydrogen) atoms. The van der Waals surface area contributed by atoms with E-state index in [-0.39, 0.29) is 30.3 Å². The molecule has 6 nitrogen and oxygen atoms in total. The quantitative estimate of drug-likeness (QED) is 0.566. The Bertz CT molecular complexity index is 449. The largest absolute Gasteiger partial charge is 0.467 e. The van der Waals surface area contributed by atoms with E-state index in [1.165, 1.54) is 20.0 Å². The lowest BCUT2D eigenvalue weighted by Gasteiger charge is -2.30. The summed E-state index contributed by atoms with van der Waals surface area (Å²) in [4.78, 5) is 27.3. The zero-order valence-corrected chi connectivity index (χ0v) is 17.8. The standard InChI is InChI=1S/C18H33N3O3S.ClH/c1-4-13-7-10-21(12-14-6-5-9-19-14)16(13)17(22)20-15(8-11-25-3)18(23)24-2;/h13-16,19H,4-12H2,1-3H3,(H,20,22);1H/t13-,14-,15?,16?;/m0./s1. The lowest BCUT2D eigenvalue weighted by Crippen LogP contribution is -2.53. The van der Waals surface area contributed by atoms with Crippen molar-refractivity contribution in [2.75, 3.05) is 38.8 Å². The Kier molecular flexibility index (Phi) is 10.9. The molecule has 8 heteroatoms. The second-order valence-corrected chi connectivity index (χ2v) is 8.04. The van der Waals surface area contributed by atoms with Crippen LogP contribution < -0.4 is 10.6 Å². The fourth-order valence-electron chi connectivity index (χ4n) is 4.02. The van der Waals surface area contributed by atoms with Crippen LogP contribution in [0.4, 0.5) is 0 Å². The Morgan fingerprint density at radius 2 is 2.15 bits per heavy atom. The van der Waals surface area contributed by atoms with Crippen molar-refractivity contribution in [1.82, 2.24) is 15.5 Å². The molecule has 1 amide bonds. The van der Waals surface area contributed by atoms with Crippen molar-refractivity contribution in [3.05, 3.63) is 0 Å². The summed E-state index contributed by atoms with van der Waals surface area (Å²) in [6, 6.07) is -0.192. The number of esters is 1. The van der Waals surface area contributed by atoms with Gasteiger partial charge in [-0.3, -0.25) is 9.69 Å². The predicted molar refractivity (Wildman–Crippen MR) is 109 cm³/mol. The number of hydrogen-bond acceptors (Lipinski definition) is 6. The van der Waals surface area contributed by atoms with E-state index in [1.54, 1.807) is 11.8 Å². The van der Waals surface area contributed by atoms with Gasteiger partial charge in [0, 0.05) is 12.6 Å². The number of amides is 1. The summed E-state index contributed by atoms with van der Waals surface area (Å²) in [6.45, 7) is 5.10. The molecule has 0 saturated carbocycles.